The van der Waals surface area contributed by atoms with Gasteiger partial charge in [0.2, 0.25) is 0 Å². The Kier molecular flexibility index (Phi) is 5.75. The van der Waals surface area contributed by atoms with Crippen molar-refractivity contribution >= 4 is 0 Å². The summed E-state index contributed by atoms with van der Waals surface area (Å²) in [6.07, 6.45) is 4.39. The second-order valence-electron chi connectivity index (χ2n) is 6.26. The predicted molar refractivity (Wildman–Crippen MR) is 90.2 cm³/mol. The van der Waals surface area contributed by atoms with Crippen LogP contribution in [0.25, 0.3) is 5.69 Å². The van der Waals surface area contributed by atoms with Crippen molar-refractivity contribution in [3.63, 3.8) is 0 Å². The van der Waals surface area contributed by atoms with Crippen molar-refractivity contribution < 1.29 is 5.11 Å². The van der Waals surface area contributed by atoms with Crippen LogP contribution in [0.3, 0.4) is 0 Å². The van der Waals surface area contributed by atoms with Crippen LogP contribution in [0.2, 0.25) is 0 Å². The zero-order valence-corrected chi connectivity index (χ0v) is 14.0. The predicted octanol–water partition coefficient (Wildman–Crippen LogP) is 3.24. The van der Waals surface area contributed by atoms with Gasteiger partial charge in [0.05, 0.1) is 6.10 Å². The van der Waals surface area contributed by atoms with Crippen molar-refractivity contribution in [3.8, 4) is 5.69 Å². The molecule has 3 atom stereocenters. The summed E-state index contributed by atoms with van der Waals surface area (Å²) >= 11 is 0. The van der Waals surface area contributed by atoms with E-state index in [0.717, 1.165) is 24.5 Å². The Hall–Kier alpha value is -1.65. The van der Waals surface area contributed by atoms with Crippen molar-refractivity contribution in [2.45, 2.75) is 46.3 Å². The Labute approximate surface area is 133 Å². The standard InChI is InChI=1S/C18H27N3O/c1-13(11-14(2)22)12-20-15(3)17-5-7-18(8-6-17)21-10-9-19-16(21)4/h5-10,13-15,20,22H,11-12H2,1-4H3. The maximum atomic E-state index is 9.41. The first-order chi connectivity index (χ1) is 10.5. The number of aliphatic hydroxyl groups is 1. The monoisotopic (exact) mass is 301 g/mol. The second kappa shape index (κ2) is 7.56. The van der Waals surface area contributed by atoms with Gasteiger partial charge in [-0.25, -0.2) is 4.98 Å². The average molecular weight is 301 g/mol. The molecule has 0 saturated heterocycles. The molecule has 2 rings (SSSR count). The quantitative estimate of drug-likeness (QED) is 0.825. The molecule has 2 aromatic rings. The number of aryl methyl sites for hydroxylation is 1. The summed E-state index contributed by atoms with van der Waals surface area (Å²) in [6, 6.07) is 8.87. The molecule has 0 amide bonds. The van der Waals surface area contributed by atoms with Gasteiger partial charge in [0.15, 0.2) is 0 Å². The number of imidazole rings is 1. The molecule has 1 aromatic carbocycles. The number of aromatic nitrogens is 2. The van der Waals surface area contributed by atoms with E-state index in [4.69, 9.17) is 0 Å². The molecule has 1 aromatic heterocycles. The number of hydrogen-bond donors (Lipinski definition) is 2. The number of aliphatic hydroxyl groups excluding tert-OH is 1. The van der Waals surface area contributed by atoms with Gasteiger partial charge in [-0.3, -0.25) is 0 Å². The first-order valence-electron chi connectivity index (χ1n) is 7.99. The van der Waals surface area contributed by atoms with Gasteiger partial charge in [0.25, 0.3) is 0 Å². The minimum Gasteiger partial charge on any atom is -0.393 e. The third-order valence-corrected chi connectivity index (χ3v) is 4.01. The summed E-state index contributed by atoms with van der Waals surface area (Å²) < 4.78 is 2.08. The third-order valence-electron chi connectivity index (χ3n) is 4.01. The molecule has 0 saturated carbocycles. The number of hydrogen-bond acceptors (Lipinski definition) is 3. The summed E-state index contributed by atoms with van der Waals surface area (Å²) in [4.78, 5) is 4.25. The van der Waals surface area contributed by atoms with Crippen LogP contribution in [0.4, 0.5) is 0 Å². The fourth-order valence-electron chi connectivity index (χ4n) is 2.74. The van der Waals surface area contributed by atoms with E-state index in [1.165, 1.54) is 5.56 Å². The Balaban J connectivity index is 1.94. The lowest BCUT2D eigenvalue weighted by molar-refractivity contribution is 0.162. The molecule has 3 unspecified atom stereocenters. The molecular weight excluding hydrogens is 274 g/mol. The molecule has 22 heavy (non-hydrogen) atoms. The van der Waals surface area contributed by atoms with Gasteiger partial charge in [-0.15, -0.1) is 0 Å². The Morgan fingerprint density at radius 2 is 1.86 bits per heavy atom. The van der Waals surface area contributed by atoms with Crippen LogP contribution >= 0.6 is 0 Å². The molecule has 1 heterocycles. The zero-order valence-electron chi connectivity index (χ0n) is 14.0. The summed E-state index contributed by atoms with van der Waals surface area (Å²) in [7, 11) is 0. The van der Waals surface area contributed by atoms with Crippen molar-refractivity contribution in [1.82, 2.24) is 14.9 Å². The maximum absolute atomic E-state index is 9.41. The van der Waals surface area contributed by atoms with E-state index in [9.17, 15) is 5.11 Å². The van der Waals surface area contributed by atoms with Gasteiger partial charge in [-0.2, -0.15) is 0 Å². The molecule has 120 valence electrons. The highest BCUT2D eigenvalue weighted by Gasteiger charge is 2.10. The van der Waals surface area contributed by atoms with Gasteiger partial charge in [0, 0.05) is 24.1 Å². The number of nitrogens with zero attached hydrogens (tertiary/aromatic N) is 2. The Morgan fingerprint density at radius 3 is 2.41 bits per heavy atom. The fraction of sp³-hybridized carbons (Fsp3) is 0.500. The molecule has 0 aliphatic rings. The molecule has 0 bridgehead atoms. The van der Waals surface area contributed by atoms with Crippen molar-refractivity contribution in [2.24, 2.45) is 5.92 Å². The van der Waals surface area contributed by atoms with Crippen LogP contribution in [0, 0.1) is 12.8 Å². The van der Waals surface area contributed by atoms with Gasteiger partial charge in [-0.1, -0.05) is 19.1 Å². The highest BCUT2D eigenvalue weighted by molar-refractivity contribution is 5.36. The first-order valence-corrected chi connectivity index (χ1v) is 7.99. The Bertz CT molecular complexity index is 574. The SMILES string of the molecule is Cc1nccn1-c1ccc(C(C)NCC(C)CC(C)O)cc1. The van der Waals surface area contributed by atoms with E-state index in [-0.39, 0.29) is 6.10 Å². The van der Waals surface area contributed by atoms with Gasteiger partial charge >= 0.3 is 0 Å². The third kappa shape index (κ3) is 4.42. The molecular formula is C18H27N3O. The number of rotatable bonds is 7. The largest absolute Gasteiger partial charge is 0.393 e. The normalized spacial score (nSPS) is 15.5. The summed E-state index contributed by atoms with van der Waals surface area (Å²) in [6.45, 7) is 9.09. The molecule has 0 radical (unpaired) electrons. The molecule has 0 fully saturated rings. The van der Waals surface area contributed by atoms with Gasteiger partial charge in [-0.05, 0) is 57.4 Å². The second-order valence-corrected chi connectivity index (χ2v) is 6.26. The van der Waals surface area contributed by atoms with E-state index in [1.807, 2.05) is 26.2 Å². The average Bonchev–Trinajstić information content (AvgIpc) is 2.90. The molecule has 0 spiro atoms. The van der Waals surface area contributed by atoms with Crippen LogP contribution in [0.1, 0.15) is 44.6 Å². The number of benzene rings is 1. The summed E-state index contributed by atoms with van der Waals surface area (Å²) in [5.41, 5.74) is 2.40. The van der Waals surface area contributed by atoms with E-state index < -0.39 is 0 Å². The van der Waals surface area contributed by atoms with Gasteiger partial charge in [0.1, 0.15) is 5.82 Å². The van der Waals surface area contributed by atoms with Crippen LogP contribution in [-0.4, -0.2) is 27.3 Å². The van der Waals surface area contributed by atoms with Crippen molar-refractivity contribution in [1.29, 1.82) is 0 Å². The highest BCUT2D eigenvalue weighted by Crippen LogP contribution is 2.17. The van der Waals surface area contributed by atoms with Crippen LogP contribution in [-0.2, 0) is 0 Å². The van der Waals surface area contributed by atoms with E-state index in [0.29, 0.717) is 12.0 Å². The maximum Gasteiger partial charge on any atom is 0.110 e. The Morgan fingerprint density at radius 1 is 1.18 bits per heavy atom. The smallest absolute Gasteiger partial charge is 0.110 e. The van der Waals surface area contributed by atoms with Gasteiger partial charge < -0.3 is 15.0 Å². The summed E-state index contributed by atoms with van der Waals surface area (Å²) in [5, 5.41) is 13.0. The van der Waals surface area contributed by atoms with Crippen LogP contribution < -0.4 is 5.32 Å². The van der Waals surface area contributed by atoms with Crippen LogP contribution in [0.15, 0.2) is 36.7 Å². The zero-order chi connectivity index (χ0) is 16.1. The molecule has 4 heteroatoms. The van der Waals surface area contributed by atoms with E-state index in [2.05, 4.69) is 53.0 Å². The topological polar surface area (TPSA) is 50.1 Å². The number of nitrogens with one attached hydrogen (secondary N) is 1. The first kappa shape index (κ1) is 16.7. The fourth-order valence-corrected chi connectivity index (χ4v) is 2.74. The van der Waals surface area contributed by atoms with E-state index in [1.54, 1.807) is 0 Å². The molecule has 0 aliphatic heterocycles. The minimum atomic E-state index is -0.232. The highest BCUT2D eigenvalue weighted by atomic mass is 16.3. The molecule has 4 nitrogen and oxygen atoms in total. The lowest BCUT2D eigenvalue weighted by Gasteiger charge is -2.19. The van der Waals surface area contributed by atoms with Crippen LogP contribution in [0.5, 0.6) is 0 Å². The summed E-state index contributed by atoms with van der Waals surface area (Å²) in [5.74, 6) is 1.46. The minimum absolute atomic E-state index is 0.232. The van der Waals surface area contributed by atoms with Crippen molar-refractivity contribution in [3.05, 3.63) is 48.0 Å². The lowest BCUT2D eigenvalue weighted by atomic mass is 10.0. The molecule has 0 aliphatic carbocycles. The lowest BCUT2D eigenvalue weighted by Crippen LogP contribution is -2.26. The molecule has 2 N–H and O–H groups in total. The van der Waals surface area contributed by atoms with E-state index >= 15 is 0 Å². The van der Waals surface area contributed by atoms with Crippen molar-refractivity contribution in [2.75, 3.05) is 6.54 Å².